The summed E-state index contributed by atoms with van der Waals surface area (Å²) in [5.74, 6) is 0. The van der Waals surface area contributed by atoms with Crippen molar-refractivity contribution in [1.29, 1.82) is 0 Å². The van der Waals surface area contributed by atoms with Crippen molar-refractivity contribution < 1.29 is 9.47 Å². The topological polar surface area (TPSA) is 18.5 Å². The lowest BCUT2D eigenvalue weighted by Gasteiger charge is -2.29. The molecule has 0 amide bonds. The average molecular weight is 184 g/mol. The van der Waals surface area contributed by atoms with Crippen LogP contribution in [-0.4, -0.2) is 25.4 Å². The molecule has 0 unspecified atom stereocenters. The normalized spacial score (nSPS) is 36.0. The summed E-state index contributed by atoms with van der Waals surface area (Å²) in [7, 11) is 0. The van der Waals surface area contributed by atoms with Gasteiger partial charge in [0.1, 0.15) is 0 Å². The van der Waals surface area contributed by atoms with Gasteiger partial charge in [0.15, 0.2) is 0 Å². The van der Waals surface area contributed by atoms with E-state index in [-0.39, 0.29) is 0 Å². The minimum Gasteiger partial charge on any atom is -0.378 e. The van der Waals surface area contributed by atoms with Gasteiger partial charge in [0, 0.05) is 13.2 Å². The quantitative estimate of drug-likeness (QED) is 0.656. The summed E-state index contributed by atoms with van der Waals surface area (Å²) in [5.41, 5.74) is 0. The fourth-order valence-electron chi connectivity index (χ4n) is 2.28. The molecule has 0 aromatic carbocycles. The van der Waals surface area contributed by atoms with E-state index in [4.69, 9.17) is 9.47 Å². The second-order valence-corrected chi connectivity index (χ2v) is 4.21. The van der Waals surface area contributed by atoms with Gasteiger partial charge in [-0.25, -0.2) is 0 Å². The van der Waals surface area contributed by atoms with Crippen LogP contribution in [0.15, 0.2) is 0 Å². The summed E-state index contributed by atoms with van der Waals surface area (Å²) in [4.78, 5) is 0. The van der Waals surface area contributed by atoms with Crippen LogP contribution in [0.3, 0.4) is 0 Å². The highest BCUT2D eigenvalue weighted by Gasteiger charge is 2.21. The Morgan fingerprint density at radius 1 is 0.769 bits per heavy atom. The number of hydrogen-bond donors (Lipinski definition) is 0. The Bertz CT molecular complexity index is 119. The van der Waals surface area contributed by atoms with Crippen molar-refractivity contribution in [1.82, 2.24) is 0 Å². The summed E-state index contributed by atoms with van der Waals surface area (Å²) in [5, 5.41) is 0. The van der Waals surface area contributed by atoms with Crippen molar-refractivity contribution in [2.75, 3.05) is 13.2 Å². The van der Waals surface area contributed by atoms with Gasteiger partial charge in [0.2, 0.25) is 0 Å². The zero-order valence-corrected chi connectivity index (χ0v) is 8.34. The number of ether oxygens (including phenoxy) is 2. The molecular formula is C11H20O2. The second-order valence-electron chi connectivity index (χ2n) is 4.21. The highest BCUT2D eigenvalue weighted by atomic mass is 16.5. The van der Waals surface area contributed by atoms with Gasteiger partial charge in [0.05, 0.1) is 12.2 Å². The van der Waals surface area contributed by atoms with Gasteiger partial charge in [-0.05, 0) is 44.9 Å². The summed E-state index contributed by atoms with van der Waals surface area (Å²) in [6.45, 7) is 1.94. The van der Waals surface area contributed by atoms with E-state index >= 15 is 0 Å². The lowest BCUT2D eigenvalue weighted by atomic mass is 9.99. The predicted molar refractivity (Wildman–Crippen MR) is 51.8 cm³/mol. The third-order valence-corrected chi connectivity index (χ3v) is 3.07. The van der Waals surface area contributed by atoms with Gasteiger partial charge >= 0.3 is 0 Å². The van der Waals surface area contributed by atoms with Gasteiger partial charge in [0.25, 0.3) is 0 Å². The molecule has 0 aromatic rings. The SMILES string of the molecule is C1CC[C@H](C[C@@H]2CCCCO2)OC1. The Hall–Kier alpha value is -0.0800. The van der Waals surface area contributed by atoms with Crippen LogP contribution >= 0.6 is 0 Å². The molecule has 0 saturated carbocycles. The highest BCUT2D eigenvalue weighted by molar-refractivity contribution is 4.71. The first-order valence-corrected chi connectivity index (χ1v) is 5.68. The largest absolute Gasteiger partial charge is 0.378 e. The molecule has 2 saturated heterocycles. The molecule has 0 radical (unpaired) electrons. The predicted octanol–water partition coefficient (Wildman–Crippen LogP) is 2.51. The Labute approximate surface area is 80.6 Å². The molecule has 0 aromatic heterocycles. The van der Waals surface area contributed by atoms with Gasteiger partial charge in [-0.3, -0.25) is 0 Å². The summed E-state index contributed by atoms with van der Waals surface area (Å²) in [6, 6.07) is 0. The zero-order valence-electron chi connectivity index (χ0n) is 8.34. The Morgan fingerprint density at radius 2 is 1.31 bits per heavy atom. The van der Waals surface area contributed by atoms with E-state index in [1.165, 1.54) is 38.5 Å². The lowest BCUT2D eigenvalue weighted by Crippen LogP contribution is -2.28. The molecule has 0 N–H and O–H groups in total. The van der Waals surface area contributed by atoms with Crippen molar-refractivity contribution in [2.45, 2.75) is 57.2 Å². The van der Waals surface area contributed by atoms with E-state index in [1.54, 1.807) is 0 Å². The maximum atomic E-state index is 5.70. The smallest absolute Gasteiger partial charge is 0.0599 e. The van der Waals surface area contributed by atoms with Crippen LogP contribution in [0.4, 0.5) is 0 Å². The minimum atomic E-state index is 0.497. The second kappa shape index (κ2) is 4.97. The Kier molecular flexibility index (Phi) is 3.62. The van der Waals surface area contributed by atoms with Gasteiger partial charge in [-0.1, -0.05) is 0 Å². The fourth-order valence-corrected chi connectivity index (χ4v) is 2.28. The molecule has 2 nitrogen and oxygen atoms in total. The van der Waals surface area contributed by atoms with Crippen LogP contribution in [0.25, 0.3) is 0 Å². The monoisotopic (exact) mass is 184 g/mol. The molecule has 2 fully saturated rings. The van der Waals surface area contributed by atoms with E-state index in [0.717, 1.165) is 19.6 Å². The standard InChI is InChI=1S/C11H20O2/c1-3-7-12-10(5-1)9-11-6-2-4-8-13-11/h10-11H,1-9H2/t10-,11+. The molecular weight excluding hydrogens is 164 g/mol. The summed E-state index contributed by atoms with van der Waals surface area (Å²) < 4.78 is 11.4. The van der Waals surface area contributed by atoms with Crippen LogP contribution in [0.2, 0.25) is 0 Å². The molecule has 76 valence electrons. The zero-order chi connectivity index (χ0) is 8.93. The molecule has 2 aliphatic heterocycles. The average Bonchev–Trinajstić information content (AvgIpc) is 2.21. The summed E-state index contributed by atoms with van der Waals surface area (Å²) >= 11 is 0. The van der Waals surface area contributed by atoms with E-state index in [0.29, 0.717) is 12.2 Å². The van der Waals surface area contributed by atoms with Gasteiger partial charge < -0.3 is 9.47 Å². The molecule has 0 spiro atoms. The first kappa shape index (κ1) is 9.47. The molecule has 2 rings (SSSR count). The Balaban J connectivity index is 1.69. The van der Waals surface area contributed by atoms with Gasteiger partial charge in [-0.15, -0.1) is 0 Å². The van der Waals surface area contributed by atoms with E-state index in [2.05, 4.69) is 0 Å². The van der Waals surface area contributed by atoms with Crippen molar-refractivity contribution in [2.24, 2.45) is 0 Å². The van der Waals surface area contributed by atoms with Crippen LogP contribution in [0, 0.1) is 0 Å². The van der Waals surface area contributed by atoms with Crippen LogP contribution < -0.4 is 0 Å². The molecule has 2 heterocycles. The number of rotatable bonds is 2. The van der Waals surface area contributed by atoms with Crippen molar-refractivity contribution >= 4 is 0 Å². The lowest BCUT2D eigenvalue weighted by molar-refractivity contribution is -0.0512. The highest BCUT2D eigenvalue weighted by Crippen LogP contribution is 2.23. The van der Waals surface area contributed by atoms with Crippen LogP contribution in [-0.2, 0) is 9.47 Å². The van der Waals surface area contributed by atoms with Crippen molar-refractivity contribution in [3.05, 3.63) is 0 Å². The van der Waals surface area contributed by atoms with Crippen LogP contribution in [0.5, 0.6) is 0 Å². The van der Waals surface area contributed by atoms with Gasteiger partial charge in [-0.2, -0.15) is 0 Å². The third-order valence-electron chi connectivity index (χ3n) is 3.07. The molecule has 0 aliphatic carbocycles. The molecule has 2 heteroatoms. The summed E-state index contributed by atoms with van der Waals surface area (Å²) in [6.07, 6.45) is 9.83. The van der Waals surface area contributed by atoms with E-state index < -0.39 is 0 Å². The van der Waals surface area contributed by atoms with Crippen molar-refractivity contribution in [3.8, 4) is 0 Å². The first-order chi connectivity index (χ1) is 6.45. The first-order valence-electron chi connectivity index (χ1n) is 5.68. The fraction of sp³-hybridized carbons (Fsp3) is 1.00. The van der Waals surface area contributed by atoms with E-state index in [1.807, 2.05) is 0 Å². The Morgan fingerprint density at radius 3 is 1.69 bits per heavy atom. The maximum Gasteiger partial charge on any atom is 0.0599 e. The maximum absolute atomic E-state index is 5.70. The molecule has 0 bridgehead atoms. The minimum absolute atomic E-state index is 0.497. The molecule has 13 heavy (non-hydrogen) atoms. The number of hydrogen-bond acceptors (Lipinski definition) is 2. The molecule has 2 aliphatic rings. The van der Waals surface area contributed by atoms with E-state index in [9.17, 15) is 0 Å². The van der Waals surface area contributed by atoms with Crippen LogP contribution in [0.1, 0.15) is 44.9 Å². The van der Waals surface area contributed by atoms with Crippen molar-refractivity contribution in [3.63, 3.8) is 0 Å². The molecule has 2 atom stereocenters. The third kappa shape index (κ3) is 2.96.